The van der Waals surface area contributed by atoms with E-state index in [1.165, 1.54) is 0 Å². The Kier molecular flexibility index (Phi) is 3.34. The van der Waals surface area contributed by atoms with Gasteiger partial charge in [0.2, 0.25) is 5.82 Å². The molecular weight excluding hydrogens is 254 g/mol. The molecule has 1 aliphatic rings. The highest BCUT2D eigenvalue weighted by Crippen LogP contribution is 2.36. The molecule has 0 saturated heterocycles. The van der Waals surface area contributed by atoms with E-state index in [9.17, 15) is 20.0 Å². The topological polar surface area (TPSA) is 126 Å². The molecule has 19 heavy (non-hydrogen) atoms. The average Bonchev–Trinajstić information content (AvgIpc) is 2.33. The van der Waals surface area contributed by atoms with Crippen LogP contribution in [-0.2, 0) is 0 Å². The number of nitrogens with one attached hydrogen (secondary N) is 1. The van der Waals surface area contributed by atoms with Crippen molar-refractivity contribution in [1.29, 1.82) is 0 Å². The van der Waals surface area contributed by atoms with Crippen LogP contribution in [0.2, 0.25) is 0 Å². The van der Waals surface area contributed by atoms with E-state index in [4.69, 9.17) is 5.11 Å². The lowest BCUT2D eigenvalue weighted by molar-refractivity contribution is -0.384. The first kappa shape index (κ1) is 13.2. The summed E-state index contributed by atoms with van der Waals surface area (Å²) in [5.74, 6) is -1.37. The van der Waals surface area contributed by atoms with Gasteiger partial charge in [0, 0.05) is 6.07 Å². The molecule has 3 N–H and O–H groups in total. The van der Waals surface area contributed by atoms with E-state index in [-0.39, 0.29) is 23.8 Å². The van der Waals surface area contributed by atoms with E-state index in [1.807, 2.05) is 0 Å². The SMILES string of the molecule is O=C(O)c1ccc([N+](=O)[O-])c(NC2(CO)CCC2)n1. The smallest absolute Gasteiger partial charge is 0.354 e. The van der Waals surface area contributed by atoms with Crippen molar-refractivity contribution in [1.82, 2.24) is 4.98 Å². The highest BCUT2D eigenvalue weighted by Gasteiger charge is 2.38. The molecular formula is C11H13N3O5. The van der Waals surface area contributed by atoms with Crippen LogP contribution < -0.4 is 5.32 Å². The average molecular weight is 267 g/mol. The van der Waals surface area contributed by atoms with Crippen LogP contribution in [0.3, 0.4) is 0 Å². The lowest BCUT2D eigenvalue weighted by Gasteiger charge is -2.41. The molecule has 0 aromatic carbocycles. The number of carboxylic acids is 1. The van der Waals surface area contributed by atoms with Gasteiger partial charge in [0.05, 0.1) is 17.1 Å². The quantitative estimate of drug-likeness (QED) is 0.537. The molecule has 1 aromatic rings. The number of aliphatic hydroxyl groups excluding tert-OH is 1. The van der Waals surface area contributed by atoms with Crippen molar-refractivity contribution in [2.75, 3.05) is 11.9 Å². The number of aliphatic hydroxyl groups is 1. The molecule has 8 heteroatoms. The Balaban J connectivity index is 2.37. The van der Waals surface area contributed by atoms with Gasteiger partial charge in [0.15, 0.2) is 5.69 Å². The van der Waals surface area contributed by atoms with Crippen molar-refractivity contribution in [3.05, 3.63) is 27.9 Å². The van der Waals surface area contributed by atoms with Crippen molar-refractivity contribution in [3.8, 4) is 0 Å². The molecule has 0 aliphatic heterocycles. The van der Waals surface area contributed by atoms with Crippen LogP contribution >= 0.6 is 0 Å². The van der Waals surface area contributed by atoms with E-state index in [1.54, 1.807) is 0 Å². The van der Waals surface area contributed by atoms with E-state index in [2.05, 4.69) is 10.3 Å². The predicted molar refractivity (Wildman–Crippen MR) is 65.1 cm³/mol. The zero-order valence-electron chi connectivity index (χ0n) is 10.00. The maximum absolute atomic E-state index is 10.9. The molecule has 1 aromatic heterocycles. The third kappa shape index (κ3) is 2.48. The van der Waals surface area contributed by atoms with Crippen molar-refractivity contribution < 1.29 is 19.9 Å². The molecule has 0 amide bonds. The highest BCUT2D eigenvalue weighted by molar-refractivity contribution is 5.86. The summed E-state index contributed by atoms with van der Waals surface area (Å²) in [7, 11) is 0. The summed E-state index contributed by atoms with van der Waals surface area (Å²) in [6, 6.07) is 2.18. The molecule has 0 atom stereocenters. The van der Waals surface area contributed by atoms with E-state index >= 15 is 0 Å². The second kappa shape index (κ2) is 4.81. The second-order valence-corrected chi connectivity index (χ2v) is 4.54. The Labute approximate surface area is 108 Å². The number of carboxylic acid groups (broad SMARTS) is 1. The molecule has 1 heterocycles. The fraction of sp³-hybridized carbons (Fsp3) is 0.455. The molecule has 1 aliphatic carbocycles. The lowest BCUT2D eigenvalue weighted by Crippen LogP contribution is -2.48. The maximum Gasteiger partial charge on any atom is 0.354 e. The second-order valence-electron chi connectivity index (χ2n) is 4.54. The van der Waals surface area contributed by atoms with Crippen LogP contribution in [0.1, 0.15) is 29.8 Å². The van der Waals surface area contributed by atoms with Gasteiger partial charge in [-0.1, -0.05) is 0 Å². The number of rotatable bonds is 5. The maximum atomic E-state index is 10.9. The summed E-state index contributed by atoms with van der Waals surface area (Å²) in [6.07, 6.45) is 2.24. The number of aromatic carboxylic acids is 1. The number of hydrogen-bond acceptors (Lipinski definition) is 6. The Hall–Kier alpha value is -2.22. The normalized spacial score (nSPS) is 16.5. The van der Waals surface area contributed by atoms with Crippen LogP contribution in [-0.4, -0.2) is 38.2 Å². The molecule has 2 rings (SSSR count). The van der Waals surface area contributed by atoms with Crippen LogP contribution in [0.15, 0.2) is 12.1 Å². The fourth-order valence-corrected chi connectivity index (χ4v) is 1.99. The molecule has 0 radical (unpaired) electrons. The van der Waals surface area contributed by atoms with Crippen molar-refractivity contribution in [2.24, 2.45) is 0 Å². The number of anilines is 1. The Bertz CT molecular complexity index is 522. The fourth-order valence-electron chi connectivity index (χ4n) is 1.99. The summed E-state index contributed by atoms with van der Waals surface area (Å²) >= 11 is 0. The van der Waals surface area contributed by atoms with Gasteiger partial charge in [0.1, 0.15) is 0 Å². The van der Waals surface area contributed by atoms with Crippen molar-refractivity contribution in [2.45, 2.75) is 24.8 Å². The first-order chi connectivity index (χ1) is 8.97. The number of pyridine rings is 1. The summed E-state index contributed by atoms with van der Waals surface area (Å²) in [4.78, 5) is 24.9. The number of hydrogen-bond donors (Lipinski definition) is 3. The molecule has 0 spiro atoms. The minimum atomic E-state index is -1.26. The molecule has 102 valence electrons. The van der Waals surface area contributed by atoms with Gasteiger partial charge >= 0.3 is 11.7 Å². The first-order valence-corrected chi connectivity index (χ1v) is 5.75. The van der Waals surface area contributed by atoms with Gasteiger partial charge in [-0.2, -0.15) is 0 Å². The van der Waals surface area contributed by atoms with Crippen LogP contribution in [0.25, 0.3) is 0 Å². The van der Waals surface area contributed by atoms with E-state index in [0.29, 0.717) is 12.8 Å². The molecule has 8 nitrogen and oxygen atoms in total. The lowest BCUT2D eigenvalue weighted by atomic mass is 9.77. The highest BCUT2D eigenvalue weighted by atomic mass is 16.6. The zero-order chi connectivity index (χ0) is 14.0. The largest absolute Gasteiger partial charge is 0.477 e. The molecule has 0 unspecified atom stereocenters. The van der Waals surface area contributed by atoms with Crippen molar-refractivity contribution in [3.63, 3.8) is 0 Å². The summed E-state index contributed by atoms with van der Waals surface area (Å²) in [6.45, 7) is -0.177. The zero-order valence-corrected chi connectivity index (χ0v) is 10.00. The third-order valence-electron chi connectivity index (χ3n) is 3.29. The number of nitro groups is 1. The molecule has 1 saturated carbocycles. The summed E-state index contributed by atoms with van der Waals surface area (Å²) in [5.41, 5.74) is -1.21. The Morgan fingerprint density at radius 1 is 1.53 bits per heavy atom. The van der Waals surface area contributed by atoms with Gasteiger partial charge in [-0.05, 0) is 25.3 Å². The standard InChI is InChI=1S/C11H13N3O5/c15-6-11(4-1-5-11)13-9-8(14(18)19)3-2-7(12-9)10(16)17/h2-3,15H,1,4-6H2,(H,12,13)(H,16,17). The van der Waals surface area contributed by atoms with Crippen LogP contribution in [0.4, 0.5) is 11.5 Å². The van der Waals surface area contributed by atoms with Gasteiger partial charge in [-0.15, -0.1) is 0 Å². The van der Waals surface area contributed by atoms with E-state index < -0.39 is 16.4 Å². The van der Waals surface area contributed by atoms with Gasteiger partial charge in [0.25, 0.3) is 0 Å². The van der Waals surface area contributed by atoms with E-state index in [0.717, 1.165) is 18.6 Å². The predicted octanol–water partition coefficient (Wildman–Crippen LogP) is 1.01. The number of carbonyl (C=O) groups is 1. The molecule has 0 bridgehead atoms. The van der Waals surface area contributed by atoms with Crippen LogP contribution in [0.5, 0.6) is 0 Å². The van der Waals surface area contributed by atoms with Crippen LogP contribution in [0, 0.1) is 10.1 Å². The monoisotopic (exact) mass is 267 g/mol. The van der Waals surface area contributed by atoms with Gasteiger partial charge < -0.3 is 15.5 Å². The third-order valence-corrected chi connectivity index (χ3v) is 3.29. The number of nitrogens with zero attached hydrogens (tertiary/aromatic N) is 2. The summed E-state index contributed by atoms with van der Waals surface area (Å²) < 4.78 is 0. The summed E-state index contributed by atoms with van der Waals surface area (Å²) in [5, 5.41) is 31.9. The first-order valence-electron chi connectivity index (χ1n) is 5.75. The minimum absolute atomic E-state index is 0.112. The van der Waals surface area contributed by atoms with Gasteiger partial charge in [-0.3, -0.25) is 10.1 Å². The Morgan fingerprint density at radius 2 is 2.21 bits per heavy atom. The number of aromatic nitrogens is 1. The van der Waals surface area contributed by atoms with Gasteiger partial charge in [-0.25, -0.2) is 9.78 Å². The Morgan fingerprint density at radius 3 is 2.63 bits per heavy atom. The van der Waals surface area contributed by atoms with Crippen molar-refractivity contribution >= 4 is 17.5 Å². The minimum Gasteiger partial charge on any atom is -0.477 e. The molecule has 1 fully saturated rings.